The number of nitrogens with one attached hydrogen (secondary N) is 1. The predicted octanol–water partition coefficient (Wildman–Crippen LogP) is 3.71. The Morgan fingerprint density at radius 2 is 1.88 bits per heavy atom. The Balaban J connectivity index is 2.78. The number of ether oxygens (including phenoxy) is 1. The van der Waals surface area contributed by atoms with Crippen molar-refractivity contribution in [2.45, 2.75) is 11.6 Å². The zero-order valence-electron chi connectivity index (χ0n) is 8.72. The van der Waals surface area contributed by atoms with E-state index < -0.39 is 17.6 Å². The highest BCUT2D eigenvalue weighted by atomic mass is 35.5. The van der Waals surface area contributed by atoms with E-state index in [1.54, 1.807) is 0 Å². The topological polar surface area (TPSA) is 38.3 Å². The van der Waals surface area contributed by atoms with Crippen LogP contribution in [0.25, 0.3) is 0 Å². The minimum Gasteiger partial charge on any atom is -0.453 e. The summed E-state index contributed by atoms with van der Waals surface area (Å²) < 4.78 is 41.2. The number of methoxy groups -OCH3 is 1. The van der Waals surface area contributed by atoms with Crippen LogP contribution < -0.4 is 5.32 Å². The van der Waals surface area contributed by atoms with Gasteiger partial charge in [-0.2, -0.15) is 13.2 Å². The van der Waals surface area contributed by atoms with Crippen LogP contribution >= 0.6 is 11.6 Å². The molecule has 1 aromatic carbocycles. The molecule has 3 nitrogen and oxygen atoms in total. The van der Waals surface area contributed by atoms with Crippen LogP contribution in [0.15, 0.2) is 24.3 Å². The molecule has 1 amide bonds. The van der Waals surface area contributed by atoms with Crippen molar-refractivity contribution in [3.8, 4) is 0 Å². The maximum absolute atomic E-state index is 12.3. The van der Waals surface area contributed by atoms with Crippen molar-refractivity contribution in [1.82, 2.24) is 0 Å². The van der Waals surface area contributed by atoms with Crippen LogP contribution in [0.3, 0.4) is 0 Å². The quantitative estimate of drug-likeness (QED) is 0.830. The van der Waals surface area contributed by atoms with Crippen molar-refractivity contribution in [2.24, 2.45) is 0 Å². The summed E-state index contributed by atoms with van der Waals surface area (Å²) in [6, 6.07) is 5.01. The van der Waals surface area contributed by atoms with Gasteiger partial charge in [-0.25, -0.2) is 4.79 Å². The highest BCUT2D eigenvalue weighted by molar-refractivity contribution is 6.21. The molecule has 0 saturated carbocycles. The minimum atomic E-state index is -4.50. The highest BCUT2D eigenvalue weighted by Gasteiger charge is 2.39. The summed E-state index contributed by atoms with van der Waals surface area (Å²) in [5.74, 6) is 0. The first-order chi connectivity index (χ1) is 7.84. The van der Waals surface area contributed by atoms with Gasteiger partial charge in [0, 0.05) is 5.69 Å². The first-order valence-electron chi connectivity index (χ1n) is 4.50. The number of halogens is 4. The molecule has 0 radical (unpaired) electrons. The fraction of sp³-hybridized carbons (Fsp3) is 0.300. The number of rotatable bonds is 2. The molecule has 1 aromatic rings. The largest absolute Gasteiger partial charge is 0.453 e. The molecule has 0 fully saturated rings. The molecular formula is C10H9ClF3NO2. The second-order valence-electron chi connectivity index (χ2n) is 3.14. The molecule has 0 spiro atoms. The van der Waals surface area contributed by atoms with Crippen molar-refractivity contribution in [3.05, 3.63) is 29.8 Å². The molecule has 7 heteroatoms. The Kier molecular flexibility index (Phi) is 4.22. The van der Waals surface area contributed by atoms with Gasteiger partial charge in [-0.1, -0.05) is 12.1 Å². The van der Waals surface area contributed by atoms with E-state index in [0.717, 1.165) is 0 Å². The van der Waals surface area contributed by atoms with E-state index in [9.17, 15) is 18.0 Å². The van der Waals surface area contributed by atoms with Crippen LogP contribution in [-0.2, 0) is 4.74 Å². The van der Waals surface area contributed by atoms with Crippen LogP contribution in [-0.4, -0.2) is 19.4 Å². The lowest BCUT2D eigenvalue weighted by molar-refractivity contribution is -0.131. The lowest BCUT2D eigenvalue weighted by Gasteiger charge is -2.14. The number of carbonyl (C=O) groups is 1. The molecule has 17 heavy (non-hydrogen) atoms. The molecule has 0 heterocycles. The van der Waals surface area contributed by atoms with Gasteiger partial charge < -0.3 is 4.74 Å². The Morgan fingerprint density at radius 3 is 2.29 bits per heavy atom. The van der Waals surface area contributed by atoms with Crippen LogP contribution in [0.2, 0.25) is 0 Å². The third kappa shape index (κ3) is 3.81. The molecule has 0 bridgehead atoms. The monoisotopic (exact) mass is 267 g/mol. The molecule has 1 N–H and O–H groups in total. The number of anilines is 1. The lowest BCUT2D eigenvalue weighted by atomic mass is 10.1. The van der Waals surface area contributed by atoms with Gasteiger partial charge in [-0.15, -0.1) is 11.6 Å². The third-order valence-corrected chi connectivity index (χ3v) is 2.42. The average molecular weight is 268 g/mol. The van der Waals surface area contributed by atoms with E-state index in [1.807, 2.05) is 0 Å². The Bertz CT molecular complexity index is 392. The van der Waals surface area contributed by atoms with Crippen molar-refractivity contribution in [2.75, 3.05) is 12.4 Å². The Labute approximate surface area is 101 Å². The molecule has 0 saturated heterocycles. The molecule has 1 unspecified atom stereocenters. The van der Waals surface area contributed by atoms with Crippen molar-refractivity contribution >= 4 is 23.4 Å². The van der Waals surface area contributed by atoms with E-state index in [0.29, 0.717) is 5.69 Å². The summed E-state index contributed by atoms with van der Waals surface area (Å²) in [6.07, 6.45) is -5.20. The summed E-state index contributed by atoms with van der Waals surface area (Å²) in [6.45, 7) is 0. The summed E-state index contributed by atoms with van der Waals surface area (Å²) >= 11 is 5.23. The molecule has 94 valence electrons. The molecule has 0 aliphatic rings. The molecule has 0 aliphatic carbocycles. The first kappa shape index (κ1) is 13.6. The normalized spacial score (nSPS) is 13.0. The molecule has 0 aromatic heterocycles. The fourth-order valence-electron chi connectivity index (χ4n) is 1.09. The lowest BCUT2D eigenvalue weighted by Crippen LogP contribution is -2.16. The number of benzene rings is 1. The number of amides is 1. The van der Waals surface area contributed by atoms with E-state index in [1.165, 1.54) is 31.4 Å². The Hall–Kier alpha value is -1.43. The van der Waals surface area contributed by atoms with E-state index in [4.69, 9.17) is 11.6 Å². The molecule has 1 rings (SSSR count). The average Bonchev–Trinajstić information content (AvgIpc) is 2.27. The predicted molar refractivity (Wildman–Crippen MR) is 57.1 cm³/mol. The smallest absolute Gasteiger partial charge is 0.411 e. The van der Waals surface area contributed by atoms with Gasteiger partial charge in [0.1, 0.15) is 0 Å². The van der Waals surface area contributed by atoms with Gasteiger partial charge in [0.15, 0.2) is 5.38 Å². The van der Waals surface area contributed by atoms with E-state index in [2.05, 4.69) is 10.1 Å². The van der Waals surface area contributed by atoms with Gasteiger partial charge >= 0.3 is 12.3 Å². The van der Waals surface area contributed by atoms with E-state index >= 15 is 0 Å². The van der Waals surface area contributed by atoms with E-state index in [-0.39, 0.29) is 5.56 Å². The number of hydrogen-bond acceptors (Lipinski definition) is 2. The number of hydrogen-bond donors (Lipinski definition) is 1. The number of carbonyl (C=O) groups excluding carboxylic acids is 1. The van der Waals surface area contributed by atoms with Gasteiger partial charge in [0.2, 0.25) is 0 Å². The van der Waals surface area contributed by atoms with Crippen LogP contribution in [0.5, 0.6) is 0 Å². The maximum atomic E-state index is 12.3. The summed E-state index contributed by atoms with van der Waals surface area (Å²) in [5, 5.41) is 0.250. The maximum Gasteiger partial charge on any atom is 0.411 e. The molecule has 0 aliphatic heterocycles. The zero-order valence-corrected chi connectivity index (χ0v) is 9.47. The SMILES string of the molecule is COC(=O)Nc1ccc(C(Cl)C(F)(F)F)cc1. The molecule has 1 atom stereocenters. The molecular weight excluding hydrogens is 259 g/mol. The van der Waals surface area contributed by atoms with Crippen LogP contribution in [0, 0.1) is 0 Å². The Morgan fingerprint density at radius 1 is 1.35 bits per heavy atom. The van der Waals surface area contributed by atoms with Gasteiger partial charge in [-0.3, -0.25) is 5.32 Å². The zero-order chi connectivity index (χ0) is 13.1. The number of alkyl halides is 4. The second-order valence-corrected chi connectivity index (χ2v) is 3.58. The first-order valence-corrected chi connectivity index (χ1v) is 4.94. The summed E-state index contributed by atoms with van der Waals surface area (Å²) in [7, 11) is 1.18. The highest BCUT2D eigenvalue weighted by Crippen LogP contribution is 2.38. The summed E-state index contributed by atoms with van der Waals surface area (Å²) in [4.78, 5) is 10.8. The second kappa shape index (κ2) is 5.27. The van der Waals surface area contributed by atoms with Gasteiger partial charge in [-0.05, 0) is 17.7 Å². The van der Waals surface area contributed by atoms with Crippen LogP contribution in [0.4, 0.5) is 23.7 Å². The third-order valence-electron chi connectivity index (χ3n) is 1.92. The van der Waals surface area contributed by atoms with Crippen molar-refractivity contribution < 1.29 is 22.7 Å². The van der Waals surface area contributed by atoms with Crippen LogP contribution in [0.1, 0.15) is 10.9 Å². The van der Waals surface area contributed by atoms with Gasteiger partial charge in [0.05, 0.1) is 7.11 Å². The standard InChI is InChI=1S/C10H9ClF3NO2/c1-17-9(16)15-7-4-2-6(3-5-7)8(11)10(12,13)14/h2-5,8H,1H3,(H,15,16). The van der Waals surface area contributed by atoms with Gasteiger partial charge in [0.25, 0.3) is 0 Å². The minimum absolute atomic E-state index is 0.0883. The van der Waals surface area contributed by atoms with Crippen molar-refractivity contribution in [1.29, 1.82) is 0 Å². The fourth-order valence-corrected chi connectivity index (χ4v) is 1.24. The van der Waals surface area contributed by atoms with Crippen molar-refractivity contribution in [3.63, 3.8) is 0 Å². The summed E-state index contributed by atoms with van der Waals surface area (Å²) in [5.41, 5.74) is 0.237.